The van der Waals surface area contributed by atoms with E-state index in [2.05, 4.69) is 22.4 Å². The van der Waals surface area contributed by atoms with E-state index in [1.165, 1.54) is 0 Å². The predicted octanol–water partition coefficient (Wildman–Crippen LogP) is 1.83. The van der Waals surface area contributed by atoms with Gasteiger partial charge in [-0.05, 0) is 30.7 Å². The molecule has 2 aromatic rings. The Bertz CT molecular complexity index is 610. The first-order chi connectivity index (χ1) is 11.2. The van der Waals surface area contributed by atoms with E-state index in [4.69, 9.17) is 13.9 Å². The molecule has 0 fully saturated rings. The van der Waals surface area contributed by atoms with Crippen molar-refractivity contribution in [2.24, 2.45) is 0 Å². The van der Waals surface area contributed by atoms with Gasteiger partial charge < -0.3 is 19.2 Å². The van der Waals surface area contributed by atoms with Crippen LogP contribution in [-0.4, -0.2) is 43.0 Å². The van der Waals surface area contributed by atoms with Gasteiger partial charge in [0.05, 0.1) is 6.61 Å². The standard InChI is InChI=1S/C16H21N3O4/c1-3-4-15-18-19-16(23-15)12-5-7-13(8-6-12)22-11-14(20)17-9-10-21-2/h5-8H,3-4,9-11H2,1-2H3,(H,17,20). The number of nitrogens with zero attached hydrogens (tertiary/aromatic N) is 2. The molecule has 0 spiro atoms. The molecule has 0 aliphatic heterocycles. The van der Waals surface area contributed by atoms with Crippen LogP contribution in [0, 0.1) is 0 Å². The molecule has 23 heavy (non-hydrogen) atoms. The highest BCUT2D eigenvalue weighted by Gasteiger charge is 2.08. The molecule has 2 rings (SSSR count). The van der Waals surface area contributed by atoms with Crippen molar-refractivity contribution in [1.82, 2.24) is 15.5 Å². The molecule has 1 aromatic carbocycles. The molecule has 1 heterocycles. The van der Waals surface area contributed by atoms with Gasteiger partial charge in [-0.15, -0.1) is 10.2 Å². The van der Waals surface area contributed by atoms with Crippen molar-refractivity contribution in [1.29, 1.82) is 0 Å². The molecule has 7 heteroatoms. The minimum absolute atomic E-state index is 0.0374. The Morgan fingerprint density at radius 1 is 1.26 bits per heavy atom. The zero-order valence-electron chi connectivity index (χ0n) is 13.4. The van der Waals surface area contributed by atoms with Crippen molar-refractivity contribution < 1.29 is 18.7 Å². The maximum absolute atomic E-state index is 11.5. The van der Waals surface area contributed by atoms with Crippen LogP contribution in [0.2, 0.25) is 0 Å². The summed E-state index contributed by atoms with van der Waals surface area (Å²) in [5, 5.41) is 10.7. The summed E-state index contributed by atoms with van der Waals surface area (Å²) in [6.45, 7) is 2.96. The van der Waals surface area contributed by atoms with Crippen molar-refractivity contribution in [3.63, 3.8) is 0 Å². The van der Waals surface area contributed by atoms with Crippen molar-refractivity contribution in [2.75, 3.05) is 26.9 Å². The first-order valence-electron chi connectivity index (χ1n) is 7.54. The largest absolute Gasteiger partial charge is 0.484 e. The van der Waals surface area contributed by atoms with Gasteiger partial charge in [0.1, 0.15) is 5.75 Å². The van der Waals surface area contributed by atoms with Gasteiger partial charge in [0.15, 0.2) is 6.61 Å². The molecule has 0 radical (unpaired) electrons. The fourth-order valence-corrected chi connectivity index (χ4v) is 1.87. The number of hydrogen-bond donors (Lipinski definition) is 1. The highest BCUT2D eigenvalue weighted by Crippen LogP contribution is 2.21. The van der Waals surface area contributed by atoms with Gasteiger partial charge in [0, 0.05) is 25.6 Å². The highest BCUT2D eigenvalue weighted by atomic mass is 16.5. The van der Waals surface area contributed by atoms with Crippen LogP contribution in [0.5, 0.6) is 5.75 Å². The fourth-order valence-electron chi connectivity index (χ4n) is 1.87. The Morgan fingerprint density at radius 3 is 2.74 bits per heavy atom. The minimum Gasteiger partial charge on any atom is -0.484 e. The van der Waals surface area contributed by atoms with Crippen LogP contribution in [-0.2, 0) is 16.0 Å². The molecule has 0 unspecified atom stereocenters. The Morgan fingerprint density at radius 2 is 2.04 bits per heavy atom. The van der Waals surface area contributed by atoms with Gasteiger partial charge in [-0.25, -0.2) is 0 Å². The lowest BCUT2D eigenvalue weighted by molar-refractivity contribution is -0.123. The topological polar surface area (TPSA) is 86.5 Å². The fraction of sp³-hybridized carbons (Fsp3) is 0.438. The second-order valence-corrected chi connectivity index (χ2v) is 4.91. The number of benzene rings is 1. The average Bonchev–Trinajstić information content (AvgIpc) is 3.03. The van der Waals surface area contributed by atoms with Gasteiger partial charge in [-0.3, -0.25) is 4.79 Å². The quantitative estimate of drug-likeness (QED) is 0.710. The summed E-state index contributed by atoms with van der Waals surface area (Å²) in [5.41, 5.74) is 0.816. The third-order valence-corrected chi connectivity index (χ3v) is 3.03. The molecule has 0 aliphatic rings. The molecule has 7 nitrogen and oxygen atoms in total. The Hall–Kier alpha value is -2.41. The van der Waals surface area contributed by atoms with Crippen molar-refractivity contribution in [3.8, 4) is 17.2 Å². The lowest BCUT2D eigenvalue weighted by atomic mass is 10.2. The average molecular weight is 319 g/mol. The maximum atomic E-state index is 11.5. The molecular weight excluding hydrogens is 298 g/mol. The SMILES string of the molecule is CCCc1nnc(-c2ccc(OCC(=O)NCCOC)cc2)o1. The molecule has 1 N–H and O–H groups in total. The maximum Gasteiger partial charge on any atom is 0.258 e. The van der Waals surface area contributed by atoms with E-state index in [-0.39, 0.29) is 12.5 Å². The Balaban J connectivity index is 1.85. The van der Waals surface area contributed by atoms with Crippen LogP contribution < -0.4 is 10.1 Å². The number of carbonyl (C=O) groups is 1. The number of ether oxygens (including phenoxy) is 2. The summed E-state index contributed by atoms with van der Waals surface area (Å²) in [7, 11) is 1.58. The second kappa shape index (κ2) is 8.89. The van der Waals surface area contributed by atoms with Crippen LogP contribution in [0.1, 0.15) is 19.2 Å². The van der Waals surface area contributed by atoms with Crippen LogP contribution in [0.15, 0.2) is 28.7 Å². The number of nitrogens with one attached hydrogen (secondary N) is 1. The van der Waals surface area contributed by atoms with E-state index >= 15 is 0 Å². The number of rotatable bonds is 9. The molecule has 0 saturated carbocycles. The lowest BCUT2D eigenvalue weighted by Crippen LogP contribution is -2.31. The van der Waals surface area contributed by atoms with Crippen LogP contribution >= 0.6 is 0 Å². The van der Waals surface area contributed by atoms with E-state index in [1.54, 1.807) is 19.2 Å². The van der Waals surface area contributed by atoms with Gasteiger partial charge in [0.2, 0.25) is 11.8 Å². The lowest BCUT2D eigenvalue weighted by Gasteiger charge is -2.07. The molecular formula is C16H21N3O4. The number of methoxy groups -OCH3 is 1. The van der Waals surface area contributed by atoms with Crippen molar-refractivity contribution in [2.45, 2.75) is 19.8 Å². The molecule has 0 atom stereocenters. The molecule has 1 amide bonds. The Kier molecular flexibility index (Phi) is 6.56. The summed E-state index contributed by atoms with van der Waals surface area (Å²) in [6.07, 6.45) is 1.73. The van der Waals surface area contributed by atoms with E-state index in [0.29, 0.717) is 30.7 Å². The third-order valence-electron chi connectivity index (χ3n) is 3.03. The minimum atomic E-state index is -0.188. The summed E-state index contributed by atoms with van der Waals surface area (Å²) in [4.78, 5) is 11.5. The number of amides is 1. The monoisotopic (exact) mass is 319 g/mol. The van der Waals surface area contributed by atoms with E-state index in [1.807, 2.05) is 12.1 Å². The summed E-state index contributed by atoms with van der Waals surface area (Å²) in [6, 6.07) is 7.17. The van der Waals surface area contributed by atoms with Crippen LogP contribution in [0.3, 0.4) is 0 Å². The van der Waals surface area contributed by atoms with E-state index in [9.17, 15) is 4.79 Å². The van der Waals surface area contributed by atoms with E-state index in [0.717, 1.165) is 18.4 Å². The van der Waals surface area contributed by atoms with Gasteiger partial charge in [-0.1, -0.05) is 6.92 Å². The van der Waals surface area contributed by atoms with Crippen LogP contribution in [0.25, 0.3) is 11.5 Å². The van der Waals surface area contributed by atoms with Gasteiger partial charge in [-0.2, -0.15) is 0 Å². The number of carbonyl (C=O) groups excluding carboxylic acids is 1. The second-order valence-electron chi connectivity index (χ2n) is 4.91. The number of aromatic nitrogens is 2. The van der Waals surface area contributed by atoms with Gasteiger partial charge in [0.25, 0.3) is 5.91 Å². The summed E-state index contributed by atoms with van der Waals surface area (Å²) >= 11 is 0. The molecule has 0 aliphatic carbocycles. The van der Waals surface area contributed by atoms with Gasteiger partial charge >= 0.3 is 0 Å². The molecule has 124 valence electrons. The first kappa shape index (κ1) is 17.0. The summed E-state index contributed by atoms with van der Waals surface area (Å²) < 4.78 is 15.8. The molecule has 0 bridgehead atoms. The number of hydrogen-bond acceptors (Lipinski definition) is 6. The van der Waals surface area contributed by atoms with Crippen molar-refractivity contribution >= 4 is 5.91 Å². The summed E-state index contributed by atoms with van der Waals surface area (Å²) in [5.74, 6) is 1.53. The third kappa shape index (κ3) is 5.37. The Labute approximate surface area is 135 Å². The van der Waals surface area contributed by atoms with E-state index < -0.39 is 0 Å². The number of aryl methyl sites for hydroxylation is 1. The van der Waals surface area contributed by atoms with Crippen LogP contribution in [0.4, 0.5) is 0 Å². The first-order valence-corrected chi connectivity index (χ1v) is 7.54. The zero-order valence-corrected chi connectivity index (χ0v) is 13.4. The zero-order chi connectivity index (χ0) is 16.5. The smallest absolute Gasteiger partial charge is 0.258 e. The van der Waals surface area contributed by atoms with Crippen molar-refractivity contribution in [3.05, 3.63) is 30.2 Å². The molecule has 1 aromatic heterocycles. The normalized spacial score (nSPS) is 10.5. The highest BCUT2D eigenvalue weighted by molar-refractivity contribution is 5.77. The molecule has 0 saturated heterocycles. The predicted molar refractivity (Wildman–Crippen MR) is 84.1 cm³/mol.